The number of carbonyl (C=O) groups is 1. The Morgan fingerprint density at radius 3 is 3.11 bits per heavy atom. The van der Waals surface area contributed by atoms with Gasteiger partial charge in [-0.15, -0.1) is 10.2 Å². The van der Waals surface area contributed by atoms with Crippen LogP contribution >= 0.6 is 11.8 Å². The number of nitrogens with zero attached hydrogens (tertiary/aromatic N) is 4. The third-order valence-electron chi connectivity index (χ3n) is 4.72. The predicted molar refractivity (Wildman–Crippen MR) is 106 cm³/mol. The lowest BCUT2D eigenvalue weighted by atomic mass is 10.0. The van der Waals surface area contributed by atoms with Gasteiger partial charge in [0.05, 0.1) is 5.75 Å². The quantitative estimate of drug-likeness (QED) is 0.587. The number of piperidine rings is 1. The third kappa shape index (κ3) is 4.44. The Balaban J connectivity index is 1.31. The molecule has 2 aromatic heterocycles. The Bertz CT molecular complexity index is 956. The van der Waals surface area contributed by atoms with Gasteiger partial charge in [-0.25, -0.2) is 0 Å². The van der Waals surface area contributed by atoms with Gasteiger partial charge in [0, 0.05) is 24.7 Å². The number of hydrogen-bond acceptors (Lipinski definition) is 7. The van der Waals surface area contributed by atoms with E-state index in [0.717, 1.165) is 30.4 Å². The molecule has 3 aromatic rings. The predicted octanol–water partition coefficient (Wildman–Crippen LogP) is 3.55. The fraction of sp³-hybridized carbons (Fsp3) is 0.400. The minimum absolute atomic E-state index is 0.120. The number of aromatic nitrogens is 3. The number of hydrogen-bond donors (Lipinski definition) is 0. The fourth-order valence-electron chi connectivity index (χ4n) is 3.32. The Morgan fingerprint density at radius 2 is 2.21 bits per heavy atom. The maximum Gasteiger partial charge on any atom is 0.277 e. The minimum atomic E-state index is 0.120. The number of amides is 1. The van der Waals surface area contributed by atoms with Crippen molar-refractivity contribution in [3.63, 3.8) is 0 Å². The monoisotopic (exact) mass is 398 g/mol. The number of carbonyl (C=O) groups excluding carboxylic acids is 1. The first kappa shape index (κ1) is 18.7. The zero-order valence-electron chi connectivity index (χ0n) is 15.7. The molecule has 1 saturated heterocycles. The first-order valence-electron chi connectivity index (χ1n) is 9.38. The second-order valence-corrected chi connectivity index (χ2v) is 7.88. The molecule has 1 amide bonds. The zero-order chi connectivity index (χ0) is 19.3. The Labute approximate surface area is 167 Å². The second-order valence-electron chi connectivity index (χ2n) is 6.96. The van der Waals surface area contributed by atoms with Gasteiger partial charge in [0.2, 0.25) is 5.91 Å². The summed E-state index contributed by atoms with van der Waals surface area (Å²) in [7, 11) is 0. The van der Waals surface area contributed by atoms with Crippen LogP contribution in [0.5, 0.6) is 5.75 Å². The van der Waals surface area contributed by atoms with Crippen LogP contribution < -0.4 is 4.74 Å². The summed E-state index contributed by atoms with van der Waals surface area (Å²) >= 11 is 1.27. The van der Waals surface area contributed by atoms with Gasteiger partial charge in [-0.1, -0.05) is 36.9 Å². The van der Waals surface area contributed by atoms with Crippen molar-refractivity contribution < 1.29 is 13.9 Å². The molecule has 8 heteroatoms. The summed E-state index contributed by atoms with van der Waals surface area (Å²) < 4.78 is 11.4. The zero-order valence-corrected chi connectivity index (χ0v) is 16.5. The average Bonchev–Trinajstić information content (AvgIpc) is 3.18. The highest BCUT2D eigenvalue weighted by molar-refractivity contribution is 7.99. The molecule has 1 aliphatic rings. The second kappa shape index (κ2) is 8.60. The molecule has 7 nitrogen and oxygen atoms in total. The highest BCUT2D eigenvalue weighted by atomic mass is 32.2. The average molecular weight is 398 g/mol. The molecule has 0 bridgehead atoms. The van der Waals surface area contributed by atoms with E-state index in [0.29, 0.717) is 28.5 Å². The first-order valence-corrected chi connectivity index (χ1v) is 10.4. The molecule has 0 aliphatic carbocycles. The Kier molecular flexibility index (Phi) is 5.76. The fourth-order valence-corrected chi connectivity index (χ4v) is 4.00. The van der Waals surface area contributed by atoms with Crippen LogP contribution in [-0.4, -0.2) is 44.8 Å². The van der Waals surface area contributed by atoms with Crippen molar-refractivity contribution in [1.82, 2.24) is 20.1 Å². The molecule has 1 aromatic carbocycles. The summed E-state index contributed by atoms with van der Waals surface area (Å²) in [5.41, 5.74) is 0.792. The van der Waals surface area contributed by atoms with E-state index >= 15 is 0 Å². The van der Waals surface area contributed by atoms with Crippen molar-refractivity contribution in [2.24, 2.45) is 5.92 Å². The molecule has 0 radical (unpaired) electrons. The van der Waals surface area contributed by atoms with Gasteiger partial charge in [0.25, 0.3) is 11.1 Å². The molecule has 0 spiro atoms. The number of likely N-dealkylation sites (tertiary alicyclic amines) is 1. The van der Waals surface area contributed by atoms with E-state index in [9.17, 15) is 4.79 Å². The van der Waals surface area contributed by atoms with Crippen molar-refractivity contribution in [2.45, 2.75) is 31.6 Å². The maximum atomic E-state index is 12.3. The van der Waals surface area contributed by atoms with E-state index in [-0.39, 0.29) is 12.5 Å². The molecular weight excluding hydrogens is 376 g/mol. The van der Waals surface area contributed by atoms with Crippen LogP contribution in [0, 0.1) is 5.92 Å². The Morgan fingerprint density at radius 1 is 1.32 bits per heavy atom. The van der Waals surface area contributed by atoms with Gasteiger partial charge in [0.15, 0.2) is 6.61 Å². The van der Waals surface area contributed by atoms with Gasteiger partial charge >= 0.3 is 0 Å². The van der Waals surface area contributed by atoms with Crippen LogP contribution in [0.1, 0.15) is 25.7 Å². The van der Waals surface area contributed by atoms with Gasteiger partial charge < -0.3 is 14.1 Å². The van der Waals surface area contributed by atoms with E-state index in [1.165, 1.54) is 18.2 Å². The highest BCUT2D eigenvalue weighted by Crippen LogP contribution is 2.24. The van der Waals surface area contributed by atoms with Crippen molar-refractivity contribution in [3.8, 4) is 5.75 Å². The third-order valence-corrected chi connectivity index (χ3v) is 5.53. The van der Waals surface area contributed by atoms with Crippen LogP contribution in [0.3, 0.4) is 0 Å². The molecule has 28 heavy (non-hydrogen) atoms. The normalized spacial score (nSPS) is 17.0. The molecule has 1 unspecified atom stereocenters. The lowest BCUT2D eigenvalue weighted by Gasteiger charge is -2.30. The van der Waals surface area contributed by atoms with Crippen molar-refractivity contribution in [3.05, 3.63) is 42.4 Å². The minimum Gasteiger partial charge on any atom is -0.482 e. The van der Waals surface area contributed by atoms with Crippen LogP contribution in [0.25, 0.3) is 10.9 Å². The Hall–Kier alpha value is -2.61. The first-order chi connectivity index (χ1) is 13.7. The molecule has 0 N–H and O–H groups in total. The van der Waals surface area contributed by atoms with Crippen molar-refractivity contribution in [1.29, 1.82) is 0 Å². The SMILES string of the molecule is CC1CCCN(C(=O)CSc2nnc(COc3cccc4cccnc34)o2)C1. The number of ether oxygens (including phenoxy) is 1. The van der Waals surface area contributed by atoms with E-state index in [4.69, 9.17) is 9.15 Å². The molecule has 0 saturated carbocycles. The van der Waals surface area contributed by atoms with Gasteiger partial charge in [-0.05, 0) is 30.9 Å². The number of fused-ring (bicyclic) bond motifs is 1. The van der Waals surface area contributed by atoms with Crippen LogP contribution in [-0.2, 0) is 11.4 Å². The molecule has 146 valence electrons. The molecule has 3 heterocycles. The summed E-state index contributed by atoms with van der Waals surface area (Å²) in [6.07, 6.45) is 4.00. The summed E-state index contributed by atoms with van der Waals surface area (Å²) in [6, 6.07) is 9.63. The van der Waals surface area contributed by atoms with Gasteiger partial charge in [-0.3, -0.25) is 9.78 Å². The topological polar surface area (TPSA) is 81.4 Å². The van der Waals surface area contributed by atoms with Crippen LogP contribution in [0.4, 0.5) is 0 Å². The van der Waals surface area contributed by atoms with E-state index in [1.807, 2.05) is 35.2 Å². The largest absolute Gasteiger partial charge is 0.482 e. The molecule has 1 aliphatic heterocycles. The number of pyridine rings is 1. The van der Waals surface area contributed by atoms with E-state index in [1.54, 1.807) is 6.20 Å². The number of para-hydroxylation sites is 1. The lowest BCUT2D eigenvalue weighted by Crippen LogP contribution is -2.40. The maximum absolute atomic E-state index is 12.3. The summed E-state index contributed by atoms with van der Waals surface area (Å²) in [5, 5.41) is 9.40. The van der Waals surface area contributed by atoms with Crippen LogP contribution in [0.15, 0.2) is 46.2 Å². The molecule has 1 atom stereocenters. The summed E-state index contributed by atoms with van der Waals surface area (Å²) in [5.74, 6) is 2.03. The lowest BCUT2D eigenvalue weighted by molar-refractivity contribution is -0.130. The highest BCUT2D eigenvalue weighted by Gasteiger charge is 2.21. The van der Waals surface area contributed by atoms with E-state index in [2.05, 4.69) is 22.1 Å². The van der Waals surface area contributed by atoms with Crippen molar-refractivity contribution in [2.75, 3.05) is 18.8 Å². The van der Waals surface area contributed by atoms with E-state index < -0.39 is 0 Å². The standard InChI is InChI=1S/C20H22N4O3S/c1-14-5-4-10-24(11-14)18(25)13-28-20-23-22-17(27-20)12-26-16-8-2-6-15-7-3-9-21-19(15)16/h2-3,6-9,14H,4-5,10-13H2,1H3. The summed E-state index contributed by atoms with van der Waals surface area (Å²) in [4.78, 5) is 18.6. The smallest absolute Gasteiger partial charge is 0.277 e. The van der Waals surface area contributed by atoms with Gasteiger partial charge in [-0.2, -0.15) is 0 Å². The van der Waals surface area contributed by atoms with Gasteiger partial charge in [0.1, 0.15) is 11.3 Å². The molecular formula is C20H22N4O3S. The summed E-state index contributed by atoms with van der Waals surface area (Å²) in [6.45, 7) is 4.01. The molecule has 1 fully saturated rings. The number of benzene rings is 1. The molecule has 4 rings (SSSR count). The van der Waals surface area contributed by atoms with Crippen molar-refractivity contribution >= 4 is 28.6 Å². The number of thioether (sulfide) groups is 1. The number of rotatable bonds is 6. The van der Waals surface area contributed by atoms with Crippen LogP contribution in [0.2, 0.25) is 0 Å².